The molecule has 2 aromatic carbocycles. The number of fused-ring (bicyclic) bond motifs is 1. The molecule has 0 saturated heterocycles. The molecule has 0 saturated carbocycles. The number of nitrogens with one attached hydrogen (secondary N) is 2. The highest BCUT2D eigenvalue weighted by Crippen LogP contribution is 2.39. The van der Waals surface area contributed by atoms with E-state index in [0.717, 1.165) is 22.6 Å². The molecule has 7 heteroatoms. The minimum absolute atomic E-state index is 0.169. The third-order valence-electron chi connectivity index (χ3n) is 4.16. The molecule has 2 aromatic rings. The van der Waals surface area contributed by atoms with Gasteiger partial charge in [-0.2, -0.15) is 0 Å². The molecular weight excluding hydrogens is 376 g/mol. The van der Waals surface area contributed by atoms with Gasteiger partial charge < -0.3 is 20.1 Å². The van der Waals surface area contributed by atoms with Crippen LogP contribution in [0.3, 0.4) is 0 Å². The van der Waals surface area contributed by atoms with Gasteiger partial charge in [0.05, 0.1) is 17.7 Å². The van der Waals surface area contributed by atoms with E-state index < -0.39 is 0 Å². The van der Waals surface area contributed by atoms with Gasteiger partial charge in [0.25, 0.3) is 11.8 Å². The molecule has 146 valence electrons. The van der Waals surface area contributed by atoms with E-state index in [1.807, 2.05) is 36.4 Å². The van der Waals surface area contributed by atoms with Crippen LogP contribution in [0.15, 0.2) is 52.3 Å². The summed E-state index contributed by atoms with van der Waals surface area (Å²) in [5.74, 6) is 0.407. The van der Waals surface area contributed by atoms with Crippen LogP contribution in [0.5, 0.6) is 5.75 Å². The van der Waals surface area contributed by atoms with Gasteiger partial charge in [0.15, 0.2) is 0 Å². The van der Waals surface area contributed by atoms with Crippen molar-refractivity contribution in [3.05, 3.63) is 58.5 Å². The summed E-state index contributed by atoms with van der Waals surface area (Å²) in [7, 11) is 3.24. The van der Waals surface area contributed by atoms with E-state index in [4.69, 9.17) is 9.47 Å². The normalized spacial score (nSPS) is 14.4. The molecule has 0 bridgehead atoms. The van der Waals surface area contributed by atoms with Crippen LogP contribution in [0.4, 0.5) is 5.69 Å². The summed E-state index contributed by atoms with van der Waals surface area (Å²) in [6.45, 7) is 1.14. The lowest BCUT2D eigenvalue weighted by molar-refractivity contribution is -0.112. The Labute approximate surface area is 168 Å². The first-order valence-corrected chi connectivity index (χ1v) is 9.68. The molecule has 2 amide bonds. The van der Waals surface area contributed by atoms with E-state index >= 15 is 0 Å². The number of carbonyl (C=O) groups excluding carboxylic acids is 2. The summed E-state index contributed by atoms with van der Waals surface area (Å²) >= 11 is 1.38. The molecule has 0 unspecified atom stereocenters. The van der Waals surface area contributed by atoms with Gasteiger partial charge in [0, 0.05) is 30.7 Å². The van der Waals surface area contributed by atoms with Gasteiger partial charge >= 0.3 is 0 Å². The van der Waals surface area contributed by atoms with Crippen LogP contribution >= 0.6 is 11.8 Å². The highest BCUT2D eigenvalue weighted by Gasteiger charge is 2.22. The molecule has 0 aromatic heterocycles. The van der Waals surface area contributed by atoms with Crippen molar-refractivity contribution >= 4 is 35.3 Å². The predicted molar refractivity (Wildman–Crippen MR) is 111 cm³/mol. The van der Waals surface area contributed by atoms with Gasteiger partial charge in [-0.15, -0.1) is 0 Å². The molecule has 6 nitrogen and oxygen atoms in total. The first-order valence-electron chi connectivity index (χ1n) is 8.87. The number of methoxy groups -OCH3 is 2. The van der Waals surface area contributed by atoms with Crippen molar-refractivity contribution in [2.75, 3.05) is 32.7 Å². The fourth-order valence-corrected chi connectivity index (χ4v) is 3.61. The van der Waals surface area contributed by atoms with Crippen molar-refractivity contribution in [2.45, 2.75) is 11.3 Å². The average molecular weight is 398 g/mol. The van der Waals surface area contributed by atoms with Crippen LogP contribution in [0.2, 0.25) is 0 Å². The average Bonchev–Trinajstić information content (AvgIpc) is 2.72. The SMILES string of the molecule is COCCCNC(=O)c1ccc2c(c1)NC(=O)C(=Cc1ccc(OC)cc1)S2. The number of rotatable bonds is 7. The molecule has 0 atom stereocenters. The Balaban J connectivity index is 1.71. The molecule has 1 aliphatic rings. The third-order valence-corrected chi connectivity index (χ3v) is 5.26. The quantitative estimate of drug-likeness (QED) is 0.551. The van der Waals surface area contributed by atoms with Gasteiger partial charge in [-0.1, -0.05) is 23.9 Å². The molecule has 0 fully saturated rings. The Morgan fingerprint density at radius 2 is 1.96 bits per heavy atom. The number of anilines is 1. The largest absolute Gasteiger partial charge is 0.497 e. The lowest BCUT2D eigenvalue weighted by atomic mass is 10.1. The van der Waals surface area contributed by atoms with Crippen LogP contribution in [0.1, 0.15) is 22.3 Å². The molecule has 28 heavy (non-hydrogen) atoms. The first-order chi connectivity index (χ1) is 13.6. The summed E-state index contributed by atoms with van der Waals surface area (Å²) in [6.07, 6.45) is 2.58. The molecular formula is C21H22N2O4S. The number of amides is 2. The highest BCUT2D eigenvalue weighted by molar-refractivity contribution is 8.04. The molecule has 0 aliphatic carbocycles. The second-order valence-electron chi connectivity index (χ2n) is 6.15. The number of hydrogen-bond acceptors (Lipinski definition) is 5. The fourth-order valence-electron chi connectivity index (χ4n) is 2.67. The fraction of sp³-hybridized carbons (Fsp3) is 0.238. The van der Waals surface area contributed by atoms with Crippen molar-refractivity contribution in [3.63, 3.8) is 0 Å². The monoisotopic (exact) mass is 398 g/mol. The first kappa shape index (κ1) is 20.0. The van der Waals surface area contributed by atoms with Crippen LogP contribution in [-0.4, -0.2) is 39.2 Å². The third kappa shape index (κ3) is 4.94. The Morgan fingerprint density at radius 1 is 1.18 bits per heavy atom. The zero-order valence-electron chi connectivity index (χ0n) is 15.8. The number of ether oxygens (including phenoxy) is 2. The number of carbonyl (C=O) groups is 2. The maximum Gasteiger partial charge on any atom is 0.262 e. The lowest BCUT2D eigenvalue weighted by Crippen LogP contribution is -2.25. The Morgan fingerprint density at radius 3 is 2.68 bits per heavy atom. The molecule has 0 radical (unpaired) electrons. The van der Waals surface area contributed by atoms with E-state index in [0.29, 0.717) is 29.3 Å². The number of benzene rings is 2. The van der Waals surface area contributed by atoms with Crippen molar-refractivity contribution < 1.29 is 19.1 Å². The lowest BCUT2D eigenvalue weighted by Gasteiger charge is -2.19. The van der Waals surface area contributed by atoms with Gasteiger partial charge in [0.1, 0.15) is 5.75 Å². The second kappa shape index (κ2) is 9.43. The number of thioether (sulfide) groups is 1. The standard InChI is InChI=1S/C21H22N2O4S/c1-26-11-3-10-22-20(24)15-6-9-18-17(13-15)23-21(25)19(28-18)12-14-4-7-16(27-2)8-5-14/h4-9,12-13H,3,10-11H2,1-2H3,(H,22,24)(H,23,25). The summed E-state index contributed by atoms with van der Waals surface area (Å²) in [5.41, 5.74) is 2.07. The Hall–Kier alpha value is -2.77. The summed E-state index contributed by atoms with van der Waals surface area (Å²) < 4.78 is 10.1. The summed E-state index contributed by atoms with van der Waals surface area (Å²) in [4.78, 5) is 26.2. The smallest absolute Gasteiger partial charge is 0.262 e. The van der Waals surface area contributed by atoms with Crippen molar-refractivity contribution in [2.24, 2.45) is 0 Å². The van der Waals surface area contributed by atoms with Crippen molar-refractivity contribution in [3.8, 4) is 5.75 Å². The molecule has 3 rings (SSSR count). The highest BCUT2D eigenvalue weighted by atomic mass is 32.2. The van der Waals surface area contributed by atoms with E-state index in [9.17, 15) is 9.59 Å². The predicted octanol–water partition coefficient (Wildman–Crippen LogP) is 3.55. The van der Waals surface area contributed by atoms with Crippen LogP contribution in [0.25, 0.3) is 6.08 Å². The van der Waals surface area contributed by atoms with Crippen LogP contribution in [0, 0.1) is 0 Å². The van der Waals surface area contributed by atoms with Gasteiger partial charge in [-0.05, 0) is 48.4 Å². The molecule has 1 aliphatic heterocycles. The van der Waals surface area contributed by atoms with Gasteiger partial charge in [-0.25, -0.2) is 0 Å². The minimum atomic E-state index is -0.189. The maximum atomic E-state index is 12.5. The maximum absolute atomic E-state index is 12.5. The molecule has 1 heterocycles. The van der Waals surface area contributed by atoms with E-state index in [-0.39, 0.29) is 11.8 Å². The summed E-state index contributed by atoms with van der Waals surface area (Å²) in [5, 5.41) is 5.71. The van der Waals surface area contributed by atoms with E-state index in [2.05, 4.69) is 10.6 Å². The zero-order valence-corrected chi connectivity index (χ0v) is 16.6. The van der Waals surface area contributed by atoms with E-state index in [1.165, 1.54) is 11.8 Å². The van der Waals surface area contributed by atoms with Crippen molar-refractivity contribution in [1.29, 1.82) is 0 Å². The van der Waals surface area contributed by atoms with Gasteiger partial charge in [0.2, 0.25) is 0 Å². The minimum Gasteiger partial charge on any atom is -0.497 e. The van der Waals surface area contributed by atoms with Crippen LogP contribution in [-0.2, 0) is 9.53 Å². The Bertz CT molecular complexity index is 894. The van der Waals surface area contributed by atoms with Gasteiger partial charge in [-0.3, -0.25) is 9.59 Å². The second-order valence-corrected chi connectivity index (χ2v) is 7.23. The Kier molecular flexibility index (Phi) is 6.73. The van der Waals surface area contributed by atoms with Crippen molar-refractivity contribution in [1.82, 2.24) is 5.32 Å². The topological polar surface area (TPSA) is 76.7 Å². The molecule has 2 N–H and O–H groups in total. The summed E-state index contributed by atoms with van der Waals surface area (Å²) in [6, 6.07) is 12.8. The van der Waals surface area contributed by atoms with Crippen LogP contribution < -0.4 is 15.4 Å². The van der Waals surface area contributed by atoms with E-state index in [1.54, 1.807) is 26.4 Å². The molecule has 0 spiro atoms. The number of hydrogen-bond donors (Lipinski definition) is 2. The zero-order chi connectivity index (χ0) is 19.9.